The van der Waals surface area contributed by atoms with E-state index in [0.717, 1.165) is 56.8 Å². The van der Waals surface area contributed by atoms with Crippen LogP contribution < -0.4 is 0 Å². The number of H-pyrrole nitrogens is 1. The number of amides is 2. The molecule has 1 N–H and O–H groups in total. The standard InChI is InChI=1S/C20H29N7O2/c1-14-9-21-27(10-14)13-20(29)26-7-5-17(12-26)16-4-3-6-25(11-16)19(28)8-18-22-15(2)23-24-18/h9-10,16-17H,3-8,11-13H2,1-2H3,(H,22,23,24). The Kier molecular flexibility index (Phi) is 5.64. The van der Waals surface area contributed by atoms with Crippen molar-refractivity contribution in [2.24, 2.45) is 11.8 Å². The van der Waals surface area contributed by atoms with E-state index in [-0.39, 0.29) is 18.2 Å². The summed E-state index contributed by atoms with van der Waals surface area (Å²) in [6.45, 7) is 7.25. The van der Waals surface area contributed by atoms with Crippen molar-refractivity contribution >= 4 is 11.8 Å². The minimum Gasteiger partial charge on any atom is -0.342 e. The Morgan fingerprint density at radius 2 is 1.86 bits per heavy atom. The summed E-state index contributed by atoms with van der Waals surface area (Å²) in [6.07, 6.45) is 7.06. The molecule has 2 atom stereocenters. The molecular weight excluding hydrogens is 370 g/mol. The number of carbonyl (C=O) groups is 2. The summed E-state index contributed by atoms with van der Waals surface area (Å²) in [7, 11) is 0. The first-order valence-corrected chi connectivity index (χ1v) is 10.4. The van der Waals surface area contributed by atoms with Crippen LogP contribution in [-0.2, 0) is 22.6 Å². The molecule has 2 fully saturated rings. The second-order valence-corrected chi connectivity index (χ2v) is 8.36. The molecule has 9 heteroatoms. The number of rotatable bonds is 5. The minimum atomic E-state index is 0.0914. The number of carbonyl (C=O) groups excluding carboxylic acids is 2. The van der Waals surface area contributed by atoms with Crippen LogP contribution in [0.2, 0.25) is 0 Å². The fraction of sp³-hybridized carbons (Fsp3) is 0.650. The van der Waals surface area contributed by atoms with Gasteiger partial charge in [-0.3, -0.25) is 19.4 Å². The molecule has 2 amide bonds. The third kappa shape index (κ3) is 4.65. The van der Waals surface area contributed by atoms with E-state index in [4.69, 9.17) is 0 Å². The SMILES string of the molecule is Cc1cnn(CC(=O)N2CCC(C3CCCN(C(=O)Cc4n[nH]c(C)n4)C3)C2)c1. The van der Waals surface area contributed by atoms with Crippen LogP contribution in [0.3, 0.4) is 0 Å². The van der Waals surface area contributed by atoms with Crippen molar-refractivity contribution in [1.29, 1.82) is 0 Å². The van der Waals surface area contributed by atoms with Crippen molar-refractivity contribution in [3.63, 3.8) is 0 Å². The third-order valence-corrected chi connectivity index (χ3v) is 6.07. The molecule has 0 spiro atoms. The first-order valence-electron chi connectivity index (χ1n) is 10.4. The molecular formula is C20H29N7O2. The normalized spacial score (nSPS) is 22.3. The Balaban J connectivity index is 1.29. The first kappa shape index (κ1) is 19.6. The van der Waals surface area contributed by atoms with E-state index in [0.29, 0.717) is 24.2 Å². The van der Waals surface area contributed by atoms with Crippen molar-refractivity contribution in [3.05, 3.63) is 29.6 Å². The molecule has 29 heavy (non-hydrogen) atoms. The minimum absolute atomic E-state index is 0.0914. The van der Waals surface area contributed by atoms with E-state index in [1.165, 1.54) is 0 Å². The van der Waals surface area contributed by atoms with Gasteiger partial charge in [-0.25, -0.2) is 4.98 Å². The van der Waals surface area contributed by atoms with Gasteiger partial charge in [0.2, 0.25) is 11.8 Å². The zero-order valence-corrected chi connectivity index (χ0v) is 17.2. The third-order valence-electron chi connectivity index (χ3n) is 6.07. The predicted octanol–water partition coefficient (Wildman–Crippen LogP) is 0.948. The van der Waals surface area contributed by atoms with Crippen molar-refractivity contribution in [2.75, 3.05) is 26.2 Å². The Bertz CT molecular complexity index is 874. The van der Waals surface area contributed by atoms with Crippen LogP contribution in [0.5, 0.6) is 0 Å². The van der Waals surface area contributed by atoms with Gasteiger partial charge in [0, 0.05) is 32.4 Å². The summed E-state index contributed by atoms with van der Waals surface area (Å²) in [4.78, 5) is 33.4. The quantitative estimate of drug-likeness (QED) is 0.807. The maximum atomic E-state index is 12.7. The van der Waals surface area contributed by atoms with E-state index in [2.05, 4.69) is 20.3 Å². The van der Waals surface area contributed by atoms with Gasteiger partial charge < -0.3 is 9.80 Å². The van der Waals surface area contributed by atoms with Crippen LogP contribution in [0.15, 0.2) is 12.4 Å². The summed E-state index contributed by atoms with van der Waals surface area (Å²) in [5.41, 5.74) is 1.06. The highest BCUT2D eigenvalue weighted by atomic mass is 16.2. The molecule has 2 aliphatic rings. The van der Waals surface area contributed by atoms with Gasteiger partial charge in [-0.1, -0.05) is 0 Å². The van der Waals surface area contributed by atoms with Crippen LogP contribution in [0.25, 0.3) is 0 Å². The summed E-state index contributed by atoms with van der Waals surface area (Å²) in [5, 5.41) is 11.1. The molecule has 2 aromatic rings. The number of nitrogens with one attached hydrogen (secondary N) is 1. The fourth-order valence-corrected chi connectivity index (χ4v) is 4.53. The van der Waals surface area contributed by atoms with Gasteiger partial charge in [0.25, 0.3) is 0 Å². The Hall–Kier alpha value is -2.71. The van der Waals surface area contributed by atoms with Gasteiger partial charge >= 0.3 is 0 Å². The number of piperidine rings is 1. The lowest BCUT2D eigenvalue weighted by Crippen LogP contribution is -2.43. The van der Waals surface area contributed by atoms with Gasteiger partial charge in [-0.2, -0.15) is 10.2 Å². The average Bonchev–Trinajstić information content (AvgIpc) is 3.44. The van der Waals surface area contributed by atoms with E-state index in [1.807, 2.05) is 29.8 Å². The molecule has 156 valence electrons. The maximum Gasteiger partial charge on any atom is 0.244 e. The topological polar surface area (TPSA) is 100 Å². The summed E-state index contributed by atoms with van der Waals surface area (Å²) in [5.74, 6) is 2.41. The molecule has 0 aromatic carbocycles. The lowest BCUT2D eigenvalue weighted by Gasteiger charge is -2.35. The number of aromatic amines is 1. The zero-order chi connectivity index (χ0) is 20.4. The monoisotopic (exact) mass is 399 g/mol. The molecule has 4 rings (SSSR count). The fourth-order valence-electron chi connectivity index (χ4n) is 4.53. The average molecular weight is 399 g/mol. The van der Waals surface area contributed by atoms with Crippen molar-refractivity contribution in [2.45, 2.75) is 46.1 Å². The predicted molar refractivity (Wildman–Crippen MR) is 106 cm³/mol. The lowest BCUT2D eigenvalue weighted by atomic mass is 9.85. The number of hydrogen-bond donors (Lipinski definition) is 1. The second-order valence-electron chi connectivity index (χ2n) is 8.36. The van der Waals surface area contributed by atoms with Crippen molar-refractivity contribution in [1.82, 2.24) is 34.8 Å². The van der Waals surface area contributed by atoms with Gasteiger partial charge in [0.05, 0.1) is 12.6 Å². The van der Waals surface area contributed by atoms with Crippen molar-refractivity contribution in [3.8, 4) is 0 Å². The second kappa shape index (κ2) is 8.34. The van der Waals surface area contributed by atoms with Crippen LogP contribution in [0.1, 0.15) is 36.5 Å². The van der Waals surface area contributed by atoms with Gasteiger partial charge in [-0.15, -0.1) is 0 Å². The lowest BCUT2D eigenvalue weighted by molar-refractivity contribution is -0.133. The van der Waals surface area contributed by atoms with E-state index in [1.54, 1.807) is 10.9 Å². The largest absolute Gasteiger partial charge is 0.342 e. The molecule has 0 aliphatic carbocycles. The summed E-state index contributed by atoms with van der Waals surface area (Å²) in [6, 6.07) is 0. The summed E-state index contributed by atoms with van der Waals surface area (Å²) >= 11 is 0. The number of aryl methyl sites for hydroxylation is 2. The molecule has 0 saturated carbocycles. The number of likely N-dealkylation sites (tertiary alicyclic amines) is 2. The molecule has 2 unspecified atom stereocenters. The highest BCUT2D eigenvalue weighted by Gasteiger charge is 2.35. The molecule has 2 saturated heterocycles. The van der Waals surface area contributed by atoms with Gasteiger partial charge in [-0.05, 0) is 50.5 Å². The van der Waals surface area contributed by atoms with E-state index < -0.39 is 0 Å². The summed E-state index contributed by atoms with van der Waals surface area (Å²) < 4.78 is 1.71. The van der Waals surface area contributed by atoms with Crippen LogP contribution in [0.4, 0.5) is 0 Å². The molecule has 9 nitrogen and oxygen atoms in total. The van der Waals surface area contributed by atoms with Crippen LogP contribution in [0, 0.1) is 25.7 Å². The number of nitrogens with zero attached hydrogens (tertiary/aromatic N) is 6. The van der Waals surface area contributed by atoms with E-state index >= 15 is 0 Å². The van der Waals surface area contributed by atoms with Crippen LogP contribution >= 0.6 is 0 Å². The Labute approximate surface area is 170 Å². The maximum absolute atomic E-state index is 12.7. The van der Waals surface area contributed by atoms with Crippen LogP contribution in [-0.4, -0.2) is 72.8 Å². The molecule has 0 bridgehead atoms. The smallest absolute Gasteiger partial charge is 0.244 e. The number of aromatic nitrogens is 5. The zero-order valence-electron chi connectivity index (χ0n) is 17.2. The molecule has 4 heterocycles. The Morgan fingerprint density at radius 3 is 2.55 bits per heavy atom. The van der Waals surface area contributed by atoms with Gasteiger partial charge in [0.15, 0.2) is 5.82 Å². The van der Waals surface area contributed by atoms with Gasteiger partial charge in [0.1, 0.15) is 12.4 Å². The first-order chi connectivity index (χ1) is 14.0. The van der Waals surface area contributed by atoms with E-state index in [9.17, 15) is 9.59 Å². The molecule has 0 radical (unpaired) electrons. The molecule has 2 aromatic heterocycles. The number of hydrogen-bond acceptors (Lipinski definition) is 5. The molecule has 2 aliphatic heterocycles. The van der Waals surface area contributed by atoms with Crippen molar-refractivity contribution < 1.29 is 9.59 Å². The highest BCUT2D eigenvalue weighted by Crippen LogP contribution is 2.31. The highest BCUT2D eigenvalue weighted by molar-refractivity contribution is 5.78. The Morgan fingerprint density at radius 1 is 1.10 bits per heavy atom.